The van der Waals surface area contributed by atoms with Crippen molar-refractivity contribution in [3.8, 4) is 0 Å². The summed E-state index contributed by atoms with van der Waals surface area (Å²) in [6, 6.07) is 0.133. The maximum atomic E-state index is 12.5. The highest BCUT2D eigenvalue weighted by Crippen LogP contribution is 2.28. The molecule has 1 aliphatic heterocycles. The highest BCUT2D eigenvalue weighted by Gasteiger charge is 2.30. The van der Waals surface area contributed by atoms with E-state index in [9.17, 15) is 4.79 Å². The molecule has 1 atom stereocenters. The highest BCUT2D eigenvalue weighted by atomic mass is 16.6. The Morgan fingerprint density at radius 1 is 1.19 bits per heavy atom. The fourth-order valence-corrected chi connectivity index (χ4v) is 3.12. The Labute approximate surface area is 164 Å². The second-order valence-corrected chi connectivity index (χ2v) is 8.58. The van der Waals surface area contributed by atoms with Crippen molar-refractivity contribution in [2.45, 2.75) is 70.9 Å². The van der Waals surface area contributed by atoms with Crippen LogP contribution in [-0.4, -0.2) is 68.5 Å². The third-order valence-corrected chi connectivity index (χ3v) is 4.79. The number of carbonyl (C=O) groups is 1. The molecular formula is C20H38N4O3. The van der Waals surface area contributed by atoms with Gasteiger partial charge in [-0.1, -0.05) is 0 Å². The van der Waals surface area contributed by atoms with Crippen LogP contribution in [0.15, 0.2) is 4.99 Å². The van der Waals surface area contributed by atoms with E-state index in [0.29, 0.717) is 6.54 Å². The van der Waals surface area contributed by atoms with Crippen molar-refractivity contribution >= 4 is 12.1 Å². The number of aliphatic imine (C=N–C) groups is 1. The minimum Gasteiger partial charge on any atom is -0.444 e. The first-order valence-corrected chi connectivity index (χ1v) is 10.4. The second kappa shape index (κ2) is 10.7. The molecule has 0 aromatic heterocycles. The Morgan fingerprint density at radius 3 is 2.63 bits per heavy atom. The molecule has 0 aromatic rings. The second-order valence-electron chi connectivity index (χ2n) is 8.58. The van der Waals surface area contributed by atoms with Crippen molar-refractivity contribution < 1.29 is 14.3 Å². The fraction of sp³-hybridized carbons (Fsp3) is 0.900. The molecular weight excluding hydrogens is 344 g/mol. The first kappa shape index (κ1) is 21.8. The number of likely N-dealkylation sites (tertiary alicyclic amines) is 1. The SMILES string of the molecule is CN=C(NCCCOCC1CC1)NCC1CCCCN1C(=O)OC(C)(C)C. The minimum atomic E-state index is -0.467. The lowest BCUT2D eigenvalue weighted by Gasteiger charge is -2.37. The summed E-state index contributed by atoms with van der Waals surface area (Å²) in [5.74, 6) is 1.59. The molecule has 0 bridgehead atoms. The molecule has 27 heavy (non-hydrogen) atoms. The van der Waals surface area contributed by atoms with Gasteiger partial charge in [-0.25, -0.2) is 4.79 Å². The van der Waals surface area contributed by atoms with E-state index < -0.39 is 5.60 Å². The van der Waals surface area contributed by atoms with Crippen LogP contribution in [0.3, 0.4) is 0 Å². The summed E-state index contributed by atoms with van der Waals surface area (Å²) in [4.78, 5) is 18.6. The lowest BCUT2D eigenvalue weighted by molar-refractivity contribution is 0.0104. The molecule has 0 aromatic carbocycles. The Kier molecular flexibility index (Phi) is 8.67. The van der Waals surface area contributed by atoms with Gasteiger partial charge in [-0.2, -0.15) is 0 Å². The van der Waals surface area contributed by atoms with Crippen LogP contribution in [0.25, 0.3) is 0 Å². The average molecular weight is 383 g/mol. The van der Waals surface area contributed by atoms with Crippen LogP contribution in [0, 0.1) is 5.92 Å². The zero-order valence-corrected chi connectivity index (χ0v) is 17.6. The number of amides is 1. The molecule has 7 nitrogen and oxygen atoms in total. The number of hydrogen-bond donors (Lipinski definition) is 2. The van der Waals surface area contributed by atoms with Crippen LogP contribution in [-0.2, 0) is 9.47 Å². The van der Waals surface area contributed by atoms with Crippen LogP contribution in [0.5, 0.6) is 0 Å². The zero-order chi connectivity index (χ0) is 19.7. The number of guanidine groups is 1. The quantitative estimate of drug-likeness (QED) is 0.384. The van der Waals surface area contributed by atoms with E-state index in [4.69, 9.17) is 9.47 Å². The lowest BCUT2D eigenvalue weighted by Crippen LogP contribution is -2.52. The van der Waals surface area contributed by atoms with Crippen LogP contribution < -0.4 is 10.6 Å². The predicted octanol–water partition coefficient (Wildman–Crippen LogP) is 2.76. The van der Waals surface area contributed by atoms with Crippen molar-refractivity contribution in [3.05, 3.63) is 0 Å². The number of piperidine rings is 1. The van der Waals surface area contributed by atoms with E-state index >= 15 is 0 Å². The molecule has 1 unspecified atom stereocenters. The summed E-state index contributed by atoms with van der Waals surface area (Å²) < 4.78 is 11.2. The van der Waals surface area contributed by atoms with E-state index in [-0.39, 0.29) is 12.1 Å². The molecule has 2 rings (SSSR count). The van der Waals surface area contributed by atoms with Crippen molar-refractivity contribution in [3.63, 3.8) is 0 Å². The Bertz CT molecular complexity index is 486. The number of rotatable bonds is 8. The van der Waals surface area contributed by atoms with Crippen LogP contribution in [0.2, 0.25) is 0 Å². The predicted molar refractivity (Wildman–Crippen MR) is 108 cm³/mol. The Morgan fingerprint density at radius 2 is 1.96 bits per heavy atom. The molecule has 1 saturated carbocycles. The average Bonchev–Trinajstić information content (AvgIpc) is 3.43. The third kappa shape index (κ3) is 8.82. The van der Waals surface area contributed by atoms with Crippen molar-refractivity contribution in [1.29, 1.82) is 0 Å². The standard InChI is InChI=1S/C20H38N4O3/c1-20(2,3)27-19(25)24-12-6-5-8-17(24)14-23-18(21-4)22-11-7-13-26-15-16-9-10-16/h16-17H,5-15H2,1-4H3,(H2,21,22,23). The fourth-order valence-electron chi connectivity index (χ4n) is 3.12. The van der Waals surface area contributed by atoms with E-state index in [1.807, 2.05) is 25.7 Å². The molecule has 2 N–H and O–H groups in total. The molecule has 156 valence electrons. The summed E-state index contributed by atoms with van der Waals surface area (Å²) in [6.45, 7) is 9.67. The first-order valence-electron chi connectivity index (χ1n) is 10.4. The molecule has 1 aliphatic carbocycles. The van der Waals surface area contributed by atoms with Crippen molar-refractivity contribution in [2.75, 3.05) is 39.9 Å². The number of nitrogens with zero attached hydrogens (tertiary/aromatic N) is 2. The molecule has 1 heterocycles. The number of carbonyl (C=O) groups excluding carboxylic acids is 1. The largest absolute Gasteiger partial charge is 0.444 e. The van der Waals surface area contributed by atoms with Gasteiger partial charge >= 0.3 is 6.09 Å². The summed E-state index contributed by atoms with van der Waals surface area (Å²) in [7, 11) is 1.77. The molecule has 1 saturated heterocycles. The smallest absolute Gasteiger partial charge is 0.410 e. The summed E-state index contributed by atoms with van der Waals surface area (Å²) in [6.07, 6.45) is 6.55. The van der Waals surface area contributed by atoms with E-state index in [0.717, 1.165) is 63.9 Å². The van der Waals surface area contributed by atoms with Gasteiger partial charge in [0.25, 0.3) is 0 Å². The van der Waals surface area contributed by atoms with E-state index in [1.54, 1.807) is 7.05 Å². The molecule has 2 aliphatic rings. The highest BCUT2D eigenvalue weighted by molar-refractivity contribution is 5.79. The maximum Gasteiger partial charge on any atom is 0.410 e. The van der Waals surface area contributed by atoms with Crippen molar-refractivity contribution in [1.82, 2.24) is 15.5 Å². The minimum absolute atomic E-state index is 0.133. The van der Waals surface area contributed by atoms with Gasteiger partial charge in [-0.05, 0) is 65.2 Å². The Hall–Kier alpha value is -1.50. The van der Waals surface area contributed by atoms with E-state index in [1.165, 1.54) is 12.8 Å². The lowest BCUT2D eigenvalue weighted by atomic mass is 10.0. The zero-order valence-electron chi connectivity index (χ0n) is 17.6. The number of nitrogens with one attached hydrogen (secondary N) is 2. The van der Waals surface area contributed by atoms with Gasteiger partial charge in [0, 0.05) is 39.9 Å². The molecule has 2 fully saturated rings. The topological polar surface area (TPSA) is 75.2 Å². The van der Waals surface area contributed by atoms with Crippen LogP contribution in [0.1, 0.15) is 59.3 Å². The molecule has 7 heteroatoms. The van der Waals surface area contributed by atoms with E-state index in [2.05, 4.69) is 15.6 Å². The summed E-state index contributed by atoms with van der Waals surface area (Å²) >= 11 is 0. The number of hydrogen-bond acceptors (Lipinski definition) is 4. The first-order chi connectivity index (χ1) is 12.9. The van der Waals surface area contributed by atoms with Crippen LogP contribution in [0.4, 0.5) is 4.79 Å². The van der Waals surface area contributed by atoms with Crippen molar-refractivity contribution in [2.24, 2.45) is 10.9 Å². The molecule has 0 spiro atoms. The third-order valence-electron chi connectivity index (χ3n) is 4.79. The van der Waals surface area contributed by atoms with Gasteiger partial charge < -0.3 is 25.0 Å². The molecule has 1 amide bonds. The molecule has 0 radical (unpaired) electrons. The summed E-state index contributed by atoms with van der Waals surface area (Å²) in [5, 5.41) is 6.67. The van der Waals surface area contributed by atoms with Gasteiger partial charge in [0.2, 0.25) is 0 Å². The number of ether oxygens (including phenoxy) is 2. The normalized spacial score (nSPS) is 21.1. The van der Waals surface area contributed by atoms with Crippen LogP contribution >= 0.6 is 0 Å². The van der Waals surface area contributed by atoms with Gasteiger partial charge in [0.15, 0.2) is 5.96 Å². The summed E-state index contributed by atoms with van der Waals surface area (Å²) in [5.41, 5.74) is -0.467. The maximum absolute atomic E-state index is 12.5. The van der Waals surface area contributed by atoms with Gasteiger partial charge in [-0.15, -0.1) is 0 Å². The van der Waals surface area contributed by atoms with Gasteiger partial charge in [-0.3, -0.25) is 4.99 Å². The van der Waals surface area contributed by atoms with Gasteiger partial charge in [0.05, 0.1) is 6.04 Å². The Balaban J connectivity index is 1.68. The van der Waals surface area contributed by atoms with Gasteiger partial charge in [0.1, 0.15) is 5.60 Å². The monoisotopic (exact) mass is 382 g/mol.